The smallest absolute Gasteiger partial charge is 0.165 e. The molecule has 0 bridgehead atoms. The standard InChI is InChI=1S/C14H14FN3/c15-13-2-1-5-17-14(13)18-7-10-3-4-11-8-16-9-12(11)6-10/h1-6,16H,7-9H2,(H,17,18). The molecule has 4 heteroatoms. The van der Waals surface area contributed by atoms with Crippen LogP contribution >= 0.6 is 0 Å². The summed E-state index contributed by atoms with van der Waals surface area (Å²) in [7, 11) is 0. The van der Waals surface area contributed by atoms with Crippen molar-refractivity contribution in [3.8, 4) is 0 Å². The highest BCUT2D eigenvalue weighted by atomic mass is 19.1. The lowest BCUT2D eigenvalue weighted by Gasteiger charge is -2.07. The van der Waals surface area contributed by atoms with E-state index >= 15 is 0 Å². The summed E-state index contributed by atoms with van der Waals surface area (Å²) in [5.74, 6) is -0.0172. The predicted molar refractivity (Wildman–Crippen MR) is 68.5 cm³/mol. The third-order valence-corrected chi connectivity index (χ3v) is 3.12. The second-order valence-corrected chi connectivity index (χ2v) is 4.39. The monoisotopic (exact) mass is 243 g/mol. The molecule has 3 rings (SSSR count). The molecule has 0 saturated carbocycles. The molecule has 0 atom stereocenters. The molecule has 0 spiro atoms. The van der Waals surface area contributed by atoms with Crippen LogP contribution in [0, 0.1) is 5.82 Å². The number of aromatic nitrogens is 1. The van der Waals surface area contributed by atoms with Crippen LogP contribution in [0.4, 0.5) is 10.2 Å². The zero-order chi connectivity index (χ0) is 12.4. The first-order valence-corrected chi connectivity index (χ1v) is 5.99. The molecule has 0 fully saturated rings. The first-order valence-electron chi connectivity index (χ1n) is 5.99. The number of hydrogen-bond donors (Lipinski definition) is 2. The first-order chi connectivity index (χ1) is 8.83. The van der Waals surface area contributed by atoms with Crippen molar-refractivity contribution in [3.63, 3.8) is 0 Å². The Labute approximate surface area is 105 Å². The number of anilines is 1. The van der Waals surface area contributed by atoms with Gasteiger partial charge in [-0.15, -0.1) is 0 Å². The molecule has 18 heavy (non-hydrogen) atoms. The van der Waals surface area contributed by atoms with E-state index < -0.39 is 0 Å². The van der Waals surface area contributed by atoms with Crippen LogP contribution in [0.25, 0.3) is 0 Å². The maximum Gasteiger partial charge on any atom is 0.165 e. The quantitative estimate of drug-likeness (QED) is 0.869. The van der Waals surface area contributed by atoms with Gasteiger partial charge in [-0.05, 0) is 28.8 Å². The summed E-state index contributed by atoms with van der Waals surface area (Å²) in [6, 6.07) is 9.34. The van der Waals surface area contributed by atoms with Crippen molar-refractivity contribution in [1.82, 2.24) is 10.3 Å². The van der Waals surface area contributed by atoms with Gasteiger partial charge in [0.2, 0.25) is 0 Å². The molecule has 3 nitrogen and oxygen atoms in total. The Hall–Kier alpha value is -1.94. The van der Waals surface area contributed by atoms with E-state index in [4.69, 9.17) is 0 Å². The van der Waals surface area contributed by atoms with Gasteiger partial charge in [0, 0.05) is 25.8 Å². The zero-order valence-electron chi connectivity index (χ0n) is 9.91. The number of hydrogen-bond acceptors (Lipinski definition) is 3. The average molecular weight is 243 g/mol. The number of fused-ring (bicyclic) bond motifs is 1. The van der Waals surface area contributed by atoms with E-state index in [1.807, 2.05) is 0 Å². The molecule has 2 aromatic rings. The Morgan fingerprint density at radius 1 is 1.22 bits per heavy atom. The third-order valence-electron chi connectivity index (χ3n) is 3.12. The lowest BCUT2D eigenvalue weighted by Crippen LogP contribution is -2.03. The molecule has 92 valence electrons. The predicted octanol–water partition coefficient (Wildman–Crippen LogP) is 2.44. The molecule has 1 aromatic carbocycles. The summed E-state index contributed by atoms with van der Waals surface area (Å²) in [6.07, 6.45) is 1.58. The molecule has 0 radical (unpaired) electrons. The minimum atomic E-state index is -0.319. The van der Waals surface area contributed by atoms with Crippen LogP contribution < -0.4 is 10.6 Å². The van der Waals surface area contributed by atoms with E-state index in [1.165, 1.54) is 17.2 Å². The summed E-state index contributed by atoms with van der Waals surface area (Å²) in [6.45, 7) is 2.44. The van der Waals surface area contributed by atoms with Crippen LogP contribution in [0.1, 0.15) is 16.7 Å². The van der Waals surface area contributed by atoms with Gasteiger partial charge in [-0.3, -0.25) is 0 Å². The molecule has 1 aliphatic rings. The minimum absolute atomic E-state index is 0.302. The largest absolute Gasteiger partial charge is 0.364 e. The van der Waals surface area contributed by atoms with Crippen molar-refractivity contribution in [3.05, 3.63) is 59.0 Å². The highest BCUT2D eigenvalue weighted by molar-refractivity contribution is 5.39. The van der Waals surface area contributed by atoms with Crippen LogP contribution in [0.5, 0.6) is 0 Å². The number of rotatable bonds is 3. The maximum atomic E-state index is 13.4. The van der Waals surface area contributed by atoms with Crippen LogP contribution in [0.15, 0.2) is 36.5 Å². The highest BCUT2D eigenvalue weighted by Gasteiger charge is 2.10. The van der Waals surface area contributed by atoms with Crippen LogP contribution in [-0.4, -0.2) is 4.98 Å². The summed E-state index contributed by atoms with van der Waals surface area (Å²) >= 11 is 0. The Bertz CT molecular complexity index is 569. The Balaban J connectivity index is 1.72. The highest BCUT2D eigenvalue weighted by Crippen LogP contribution is 2.18. The topological polar surface area (TPSA) is 37.0 Å². The van der Waals surface area contributed by atoms with Gasteiger partial charge in [0.1, 0.15) is 0 Å². The summed E-state index contributed by atoms with van der Waals surface area (Å²) in [5, 5.41) is 6.32. The van der Waals surface area contributed by atoms with Crippen molar-refractivity contribution in [1.29, 1.82) is 0 Å². The van der Waals surface area contributed by atoms with Gasteiger partial charge in [-0.25, -0.2) is 9.37 Å². The SMILES string of the molecule is Fc1cccnc1NCc1ccc2c(c1)CNC2. The molecular weight excluding hydrogens is 229 g/mol. The fourth-order valence-corrected chi connectivity index (χ4v) is 2.16. The Kier molecular flexibility index (Phi) is 2.94. The number of benzene rings is 1. The van der Waals surface area contributed by atoms with E-state index in [0.717, 1.165) is 18.7 Å². The molecular formula is C14H14FN3. The van der Waals surface area contributed by atoms with Gasteiger partial charge in [0.05, 0.1) is 0 Å². The third kappa shape index (κ3) is 2.19. The number of nitrogens with zero attached hydrogens (tertiary/aromatic N) is 1. The fraction of sp³-hybridized carbons (Fsp3) is 0.214. The molecule has 1 aromatic heterocycles. The van der Waals surface area contributed by atoms with Gasteiger partial charge in [0.25, 0.3) is 0 Å². The van der Waals surface area contributed by atoms with E-state index in [1.54, 1.807) is 12.3 Å². The first kappa shape index (κ1) is 11.2. The molecule has 0 aliphatic carbocycles. The lowest BCUT2D eigenvalue weighted by molar-refractivity contribution is 0.624. The molecule has 0 unspecified atom stereocenters. The van der Waals surface area contributed by atoms with Gasteiger partial charge >= 0.3 is 0 Å². The number of halogens is 1. The second kappa shape index (κ2) is 4.74. The Morgan fingerprint density at radius 2 is 2.11 bits per heavy atom. The summed E-state index contributed by atoms with van der Waals surface area (Å²) in [4.78, 5) is 3.97. The lowest BCUT2D eigenvalue weighted by atomic mass is 10.1. The molecule has 0 saturated heterocycles. The van der Waals surface area contributed by atoms with Gasteiger partial charge in [-0.1, -0.05) is 18.2 Å². The van der Waals surface area contributed by atoms with Crippen molar-refractivity contribution in [2.24, 2.45) is 0 Å². The normalized spacial score (nSPS) is 13.4. The van der Waals surface area contributed by atoms with Crippen LogP contribution in [0.3, 0.4) is 0 Å². The fourth-order valence-electron chi connectivity index (χ4n) is 2.16. The van der Waals surface area contributed by atoms with Gasteiger partial charge in [-0.2, -0.15) is 0 Å². The molecule has 2 N–H and O–H groups in total. The van der Waals surface area contributed by atoms with Gasteiger partial charge < -0.3 is 10.6 Å². The van der Waals surface area contributed by atoms with E-state index in [0.29, 0.717) is 12.4 Å². The van der Waals surface area contributed by atoms with E-state index in [-0.39, 0.29) is 5.82 Å². The van der Waals surface area contributed by atoms with Crippen molar-refractivity contribution >= 4 is 5.82 Å². The Morgan fingerprint density at radius 3 is 3.00 bits per heavy atom. The zero-order valence-corrected chi connectivity index (χ0v) is 9.91. The van der Waals surface area contributed by atoms with Crippen molar-refractivity contribution in [2.45, 2.75) is 19.6 Å². The average Bonchev–Trinajstić information content (AvgIpc) is 2.85. The maximum absolute atomic E-state index is 13.4. The summed E-state index contributed by atoms with van der Waals surface area (Å²) < 4.78 is 13.4. The van der Waals surface area contributed by atoms with E-state index in [9.17, 15) is 4.39 Å². The van der Waals surface area contributed by atoms with Crippen LogP contribution in [0.2, 0.25) is 0 Å². The van der Waals surface area contributed by atoms with Crippen molar-refractivity contribution in [2.75, 3.05) is 5.32 Å². The second-order valence-electron chi connectivity index (χ2n) is 4.39. The van der Waals surface area contributed by atoms with E-state index in [2.05, 4.69) is 33.8 Å². The number of nitrogens with one attached hydrogen (secondary N) is 2. The van der Waals surface area contributed by atoms with Crippen molar-refractivity contribution < 1.29 is 4.39 Å². The van der Waals surface area contributed by atoms with Crippen LogP contribution in [-0.2, 0) is 19.6 Å². The molecule has 1 aliphatic heterocycles. The number of pyridine rings is 1. The van der Waals surface area contributed by atoms with Gasteiger partial charge in [0.15, 0.2) is 11.6 Å². The minimum Gasteiger partial charge on any atom is -0.364 e. The summed E-state index contributed by atoms with van der Waals surface area (Å²) in [5.41, 5.74) is 3.82. The molecule has 0 amide bonds. The molecule has 2 heterocycles.